The van der Waals surface area contributed by atoms with Gasteiger partial charge in [0.1, 0.15) is 0 Å². The molecular formula is C24H24N2O3. The van der Waals surface area contributed by atoms with Crippen LogP contribution in [0.3, 0.4) is 0 Å². The molecule has 1 aliphatic rings. The van der Waals surface area contributed by atoms with Gasteiger partial charge in [-0.3, -0.25) is 9.59 Å². The molecule has 1 aliphatic heterocycles. The quantitative estimate of drug-likeness (QED) is 0.633. The Hall–Kier alpha value is -3.34. The highest BCUT2D eigenvalue weighted by Crippen LogP contribution is 2.23. The van der Waals surface area contributed by atoms with Gasteiger partial charge in [0.15, 0.2) is 5.76 Å². The highest BCUT2D eigenvalue weighted by Gasteiger charge is 2.22. The molecule has 0 atom stereocenters. The minimum absolute atomic E-state index is 0.145. The number of amides is 2. The topological polar surface area (TPSA) is 53.8 Å². The van der Waals surface area contributed by atoms with Gasteiger partial charge < -0.3 is 14.2 Å². The van der Waals surface area contributed by atoms with Crippen molar-refractivity contribution in [2.24, 2.45) is 0 Å². The van der Waals surface area contributed by atoms with Crippen LogP contribution in [0.5, 0.6) is 0 Å². The Bertz CT molecular complexity index is 961. The van der Waals surface area contributed by atoms with Crippen LogP contribution in [0, 0.1) is 0 Å². The van der Waals surface area contributed by atoms with E-state index >= 15 is 0 Å². The number of rotatable bonds is 6. The van der Waals surface area contributed by atoms with E-state index in [0.29, 0.717) is 18.7 Å². The SMILES string of the molecule is O=C(Cc1cccc(N(Cc2ccccc2)C(=O)c2ccco2)c1)N1CCCC1. The first-order valence-corrected chi connectivity index (χ1v) is 9.97. The summed E-state index contributed by atoms with van der Waals surface area (Å²) in [5, 5.41) is 0. The molecule has 2 heterocycles. The maximum Gasteiger partial charge on any atom is 0.294 e. The predicted octanol–water partition coefficient (Wildman–Crippen LogP) is 4.29. The van der Waals surface area contributed by atoms with Crippen molar-refractivity contribution in [3.8, 4) is 0 Å². The number of hydrogen-bond acceptors (Lipinski definition) is 3. The standard InChI is InChI=1S/C24H24N2O3/c27-23(25-13-4-5-14-25)17-20-10-6-11-21(16-20)26(18-19-8-2-1-3-9-19)24(28)22-12-7-15-29-22/h1-3,6-12,15-16H,4-5,13-14,17-18H2. The second-order valence-corrected chi connectivity index (χ2v) is 7.29. The average Bonchev–Trinajstić information content (AvgIpc) is 3.47. The molecule has 0 aliphatic carbocycles. The van der Waals surface area contributed by atoms with Crippen molar-refractivity contribution in [1.82, 2.24) is 4.90 Å². The van der Waals surface area contributed by atoms with E-state index in [1.54, 1.807) is 17.0 Å². The summed E-state index contributed by atoms with van der Waals surface area (Å²) in [5.74, 6) is 0.230. The molecule has 148 valence electrons. The molecule has 1 fully saturated rings. The summed E-state index contributed by atoms with van der Waals surface area (Å²) in [6.07, 6.45) is 4.00. The largest absolute Gasteiger partial charge is 0.459 e. The maximum absolute atomic E-state index is 13.1. The third kappa shape index (κ3) is 4.57. The van der Waals surface area contributed by atoms with Crippen LogP contribution in [0.15, 0.2) is 77.4 Å². The van der Waals surface area contributed by atoms with Gasteiger partial charge in [-0.2, -0.15) is 0 Å². The molecule has 3 aromatic rings. The van der Waals surface area contributed by atoms with Gasteiger partial charge in [-0.1, -0.05) is 42.5 Å². The van der Waals surface area contributed by atoms with Crippen molar-refractivity contribution < 1.29 is 14.0 Å². The van der Waals surface area contributed by atoms with Gasteiger partial charge >= 0.3 is 0 Å². The lowest BCUT2D eigenvalue weighted by molar-refractivity contribution is -0.129. The Morgan fingerprint density at radius 2 is 1.66 bits per heavy atom. The molecule has 0 bridgehead atoms. The van der Waals surface area contributed by atoms with Gasteiger partial charge in [0.25, 0.3) is 5.91 Å². The van der Waals surface area contributed by atoms with Gasteiger partial charge in [0.05, 0.1) is 19.2 Å². The van der Waals surface area contributed by atoms with Crippen LogP contribution < -0.4 is 4.90 Å². The minimum atomic E-state index is -0.207. The molecule has 4 rings (SSSR count). The van der Waals surface area contributed by atoms with E-state index in [-0.39, 0.29) is 11.8 Å². The molecule has 2 amide bonds. The molecule has 1 aromatic heterocycles. The van der Waals surface area contributed by atoms with E-state index in [1.165, 1.54) is 6.26 Å². The Morgan fingerprint density at radius 3 is 2.38 bits per heavy atom. The number of carbonyl (C=O) groups is 2. The molecule has 29 heavy (non-hydrogen) atoms. The lowest BCUT2D eigenvalue weighted by Crippen LogP contribution is -2.31. The highest BCUT2D eigenvalue weighted by atomic mass is 16.3. The summed E-state index contributed by atoms with van der Waals surface area (Å²) >= 11 is 0. The maximum atomic E-state index is 13.1. The first-order valence-electron chi connectivity index (χ1n) is 9.97. The van der Waals surface area contributed by atoms with Crippen molar-refractivity contribution in [2.75, 3.05) is 18.0 Å². The summed E-state index contributed by atoms with van der Waals surface area (Å²) in [5.41, 5.74) is 2.68. The highest BCUT2D eigenvalue weighted by molar-refractivity contribution is 6.04. The van der Waals surface area contributed by atoms with E-state index in [4.69, 9.17) is 4.42 Å². The van der Waals surface area contributed by atoms with Crippen LogP contribution >= 0.6 is 0 Å². The molecule has 0 unspecified atom stereocenters. The third-order valence-corrected chi connectivity index (χ3v) is 5.20. The van der Waals surface area contributed by atoms with E-state index in [2.05, 4.69) is 0 Å². The van der Waals surface area contributed by atoms with Crippen molar-refractivity contribution >= 4 is 17.5 Å². The monoisotopic (exact) mass is 388 g/mol. The number of carbonyl (C=O) groups excluding carboxylic acids is 2. The number of nitrogens with zero attached hydrogens (tertiary/aromatic N) is 2. The van der Waals surface area contributed by atoms with Gasteiger partial charge in [-0.25, -0.2) is 0 Å². The first-order chi connectivity index (χ1) is 14.2. The van der Waals surface area contributed by atoms with Crippen molar-refractivity contribution in [1.29, 1.82) is 0 Å². The van der Waals surface area contributed by atoms with Crippen molar-refractivity contribution in [3.63, 3.8) is 0 Å². The Morgan fingerprint density at radius 1 is 0.897 bits per heavy atom. The average molecular weight is 388 g/mol. The Kier molecular flexibility index (Phi) is 5.75. The third-order valence-electron chi connectivity index (χ3n) is 5.20. The number of likely N-dealkylation sites (tertiary alicyclic amines) is 1. The molecule has 0 N–H and O–H groups in total. The number of furan rings is 1. The van der Waals surface area contributed by atoms with Crippen LogP contribution in [-0.4, -0.2) is 29.8 Å². The summed E-state index contributed by atoms with van der Waals surface area (Å²) < 4.78 is 5.35. The number of hydrogen-bond donors (Lipinski definition) is 0. The lowest BCUT2D eigenvalue weighted by atomic mass is 10.1. The Labute approximate surface area is 170 Å². The van der Waals surface area contributed by atoms with Crippen LogP contribution in [0.25, 0.3) is 0 Å². The van der Waals surface area contributed by atoms with Gasteiger partial charge in [0.2, 0.25) is 5.91 Å². The summed E-state index contributed by atoms with van der Waals surface area (Å²) in [7, 11) is 0. The smallest absolute Gasteiger partial charge is 0.294 e. The number of anilines is 1. The second kappa shape index (κ2) is 8.78. The lowest BCUT2D eigenvalue weighted by Gasteiger charge is -2.23. The van der Waals surface area contributed by atoms with E-state index < -0.39 is 0 Å². The normalized spacial score (nSPS) is 13.4. The molecule has 1 saturated heterocycles. The minimum Gasteiger partial charge on any atom is -0.459 e. The summed E-state index contributed by atoms with van der Waals surface area (Å²) in [4.78, 5) is 29.3. The molecule has 0 radical (unpaired) electrons. The molecule has 0 saturated carbocycles. The zero-order valence-corrected chi connectivity index (χ0v) is 16.3. The van der Waals surface area contributed by atoms with Crippen LogP contribution in [0.1, 0.15) is 34.5 Å². The van der Waals surface area contributed by atoms with E-state index in [0.717, 1.165) is 42.7 Å². The molecule has 5 heteroatoms. The second-order valence-electron chi connectivity index (χ2n) is 7.29. The molecular weight excluding hydrogens is 364 g/mol. The van der Waals surface area contributed by atoms with Gasteiger partial charge in [-0.15, -0.1) is 0 Å². The van der Waals surface area contributed by atoms with E-state index in [9.17, 15) is 9.59 Å². The summed E-state index contributed by atoms with van der Waals surface area (Å²) in [6, 6.07) is 20.9. The Balaban J connectivity index is 1.59. The molecule has 5 nitrogen and oxygen atoms in total. The zero-order chi connectivity index (χ0) is 20.1. The molecule has 0 spiro atoms. The fourth-order valence-electron chi connectivity index (χ4n) is 3.67. The van der Waals surface area contributed by atoms with Gasteiger partial charge in [-0.05, 0) is 48.2 Å². The fraction of sp³-hybridized carbons (Fsp3) is 0.250. The molecule has 2 aromatic carbocycles. The van der Waals surface area contributed by atoms with E-state index in [1.807, 2.05) is 59.5 Å². The van der Waals surface area contributed by atoms with Crippen molar-refractivity contribution in [2.45, 2.75) is 25.8 Å². The van der Waals surface area contributed by atoms with Crippen LogP contribution in [0.4, 0.5) is 5.69 Å². The van der Waals surface area contributed by atoms with Crippen molar-refractivity contribution in [3.05, 3.63) is 89.9 Å². The van der Waals surface area contributed by atoms with Gasteiger partial charge in [0, 0.05) is 18.8 Å². The van der Waals surface area contributed by atoms with Crippen LogP contribution in [0.2, 0.25) is 0 Å². The number of benzene rings is 2. The fourth-order valence-corrected chi connectivity index (χ4v) is 3.67. The zero-order valence-electron chi connectivity index (χ0n) is 16.3. The van der Waals surface area contributed by atoms with Crippen LogP contribution in [-0.2, 0) is 17.8 Å². The summed E-state index contributed by atoms with van der Waals surface area (Å²) in [6.45, 7) is 2.11. The first kappa shape index (κ1) is 19.0. The predicted molar refractivity (Wildman–Crippen MR) is 112 cm³/mol.